The number of fused-ring (bicyclic) bond motifs is 1. The third-order valence-electron chi connectivity index (χ3n) is 4.10. The Labute approximate surface area is 123 Å². The number of nitrogen functional groups attached to an aromatic ring is 1. The average molecular weight is 290 g/mol. The molecule has 0 radical (unpaired) electrons. The molecule has 0 bridgehead atoms. The molecule has 2 aromatic heterocycles. The van der Waals surface area contributed by atoms with Gasteiger partial charge in [-0.15, -0.1) is 11.3 Å². The summed E-state index contributed by atoms with van der Waals surface area (Å²) in [5, 5.41) is 4.57. The number of anilines is 2. The normalized spacial score (nSPS) is 16.6. The van der Waals surface area contributed by atoms with E-state index in [1.165, 1.54) is 43.4 Å². The zero-order valence-electron chi connectivity index (χ0n) is 12.0. The van der Waals surface area contributed by atoms with Crippen LogP contribution in [0.1, 0.15) is 43.4 Å². The van der Waals surface area contributed by atoms with Gasteiger partial charge in [0.25, 0.3) is 0 Å². The average Bonchev–Trinajstić information content (AvgIpc) is 2.80. The predicted molar refractivity (Wildman–Crippen MR) is 86.2 cm³/mol. The Kier molecular flexibility index (Phi) is 4.05. The molecule has 20 heavy (non-hydrogen) atoms. The number of hydrogen-bond acceptors (Lipinski definition) is 5. The maximum absolute atomic E-state index is 5.79. The second-order valence-electron chi connectivity index (χ2n) is 5.73. The lowest BCUT2D eigenvalue weighted by Crippen LogP contribution is -2.13. The van der Waals surface area contributed by atoms with Crippen LogP contribution in [0.3, 0.4) is 0 Å². The van der Waals surface area contributed by atoms with Crippen LogP contribution in [-0.4, -0.2) is 16.5 Å². The summed E-state index contributed by atoms with van der Waals surface area (Å²) in [6.45, 7) is 3.07. The second-order valence-corrected chi connectivity index (χ2v) is 6.96. The minimum atomic E-state index is 0.361. The van der Waals surface area contributed by atoms with E-state index in [1.54, 1.807) is 11.3 Å². The van der Waals surface area contributed by atoms with Crippen LogP contribution < -0.4 is 11.1 Å². The van der Waals surface area contributed by atoms with Crippen molar-refractivity contribution >= 4 is 33.3 Å². The first-order valence-corrected chi connectivity index (χ1v) is 8.31. The van der Waals surface area contributed by atoms with Gasteiger partial charge in [-0.25, -0.2) is 4.98 Å². The SMILES string of the molecule is Cc1cc2c(NCCC3CCCCC3)nc(N)nc2s1. The van der Waals surface area contributed by atoms with Crippen LogP contribution in [0, 0.1) is 12.8 Å². The standard InChI is InChI=1S/C15H22N4S/c1-10-9-12-13(18-15(16)19-14(12)20-10)17-8-7-11-5-3-2-4-6-11/h9,11H,2-8H2,1H3,(H3,16,17,18,19). The first-order chi connectivity index (χ1) is 9.72. The Morgan fingerprint density at radius 1 is 1.30 bits per heavy atom. The molecule has 4 nitrogen and oxygen atoms in total. The zero-order valence-corrected chi connectivity index (χ0v) is 12.8. The van der Waals surface area contributed by atoms with Crippen molar-refractivity contribution < 1.29 is 0 Å². The number of nitrogens with one attached hydrogen (secondary N) is 1. The molecule has 0 amide bonds. The van der Waals surface area contributed by atoms with Crippen molar-refractivity contribution in [3.05, 3.63) is 10.9 Å². The van der Waals surface area contributed by atoms with Gasteiger partial charge in [0.2, 0.25) is 5.95 Å². The van der Waals surface area contributed by atoms with Crippen molar-refractivity contribution in [2.24, 2.45) is 5.92 Å². The number of aromatic nitrogens is 2. The summed E-state index contributed by atoms with van der Waals surface area (Å²) >= 11 is 1.67. The Balaban J connectivity index is 1.67. The van der Waals surface area contributed by atoms with Crippen LogP contribution in [0.15, 0.2) is 6.07 Å². The first-order valence-electron chi connectivity index (χ1n) is 7.50. The monoisotopic (exact) mass is 290 g/mol. The number of hydrogen-bond donors (Lipinski definition) is 2. The summed E-state index contributed by atoms with van der Waals surface area (Å²) in [4.78, 5) is 10.9. The van der Waals surface area contributed by atoms with Crippen molar-refractivity contribution in [1.82, 2.24) is 9.97 Å². The van der Waals surface area contributed by atoms with Crippen LogP contribution in [0.2, 0.25) is 0 Å². The topological polar surface area (TPSA) is 63.8 Å². The highest BCUT2D eigenvalue weighted by molar-refractivity contribution is 7.18. The molecule has 3 N–H and O–H groups in total. The molecule has 1 saturated carbocycles. The highest BCUT2D eigenvalue weighted by Crippen LogP contribution is 2.30. The zero-order chi connectivity index (χ0) is 13.9. The lowest BCUT2D eigenvalue weighted by molar-refractivity contribution is 0.345. The lowest BCUT2D eigenvalue weighted by atomic mass is 9.87. The molecule has 0 unspecified atom stereocenters. The molecule has 0 spiro atoms. The molecule has 2 heterocycles. The second kappa shape index (κ2) is 5.95. The van der Waals surface area contributed by atoms with Gasteiger partial charge in [-0.3, -0.25) is 0 Å². The summed E-state index contributed by atoms with van der Waals surface area (Å²) < 4.78 is 0. The number of nitrogens with zero attached hydrogens (tertiary/aromatic N) is 2. The molecule has 0 aliphatic heterocycles. The van der Waals surface area contributed by atoms with Crippen LogP contribution in [0.5, 0.6) is 0 Å². The Bertz CT molecular complexity index is 587. The van der Waals surface area contributed by atoms with Gasteiger partial charge >= 0.3 is 0 Å². The molecular weight excluding hydrogens is 268 g/mol. The van der Waals surface area contributed by atoms with E-state index >= 15 is 0 Å². The Morgan fingerprint density at radius 2 is 2.10 bits per heavy atom. The van der Waals surface area contributed by atoms with E-state index in [-0.39, 0.29) is 0 Å². The summed E-state index contributed by atoms with van der Waals surface area (Å²) in [5.41, 5.74) is 5.79. The van der Waals surface area contributed by atoms with Gasteiger partial charge in [0.1, 0.15) is 10.6 Å². The van der Waals surface area contributed by atoms with Gasteiger partial charge < -0.3 is 11.1 Å². The fourth-order valence-electron chi connectivity index (χ4n) is 3.06. The molecule has 108 valence electrons. The summed E-state index contributed by atoms with van der Waals surface area (Å²) in [5.74, 6) is 2.14. The number of thiophene rings is 1. The number of rotatable bonds is 4. The van der Waals surface area contributed by atoms with E-state index in [9.17, 15) is 0 Å². The number of nitrogens with two attached hydrogens (primary N) is 1. The highest BCUT2D eigenvalue weighted by atomic mass is 32.1. The van der Waals surface area contributed by atoms with Crippen LogP contribution >= 0.6 is 11.3 Å². The van der Waals surface area contributed by atoms with Gasteiger partial charge in [0, 0.05) is 11.4 Å². The fourth-order valence-corrected chi connectivity index (χ4v) is 3.95. The molecule has 2 aromatic rings. The van der Waals surface area contributed by atoms with E-state index < -0.39 is 0 Å². The third-order valence-corrected chi connectivity index (χ3v) is 5.05. The Morgan fingerprint density at radius 3 is 2.90 bits per heavy atom. The molecule has 1 aliphatic carbocycles. The van der Waals surface area contributed by atoms with Gasteiger partial charge in [-0.2, -0.15) is 4.98 Å². The largest absolute Gasteiger partial charge is 0.369 e. The van der Waals surface area contributed by atoms with Crippen LogP contribution in [0.25, 0.3) is 10.2 Å². The molecule has 5 heteroatoms. The fraction of sp³-hybridized carbons (Fsp3) is 0.600. The lowest BCUT2D eigenvalue weighted by Gasteiger charge is -2.21. The van der Waals surface area contributed by atoms with E-state index in [0.29, 0.717) is 5.95 Å². The van der Waals surface area contributed by atoms with Crippen molar-refractivity contribution in [3.63, 3.8) is 0 Å². The van der Waals surface area contributed by atoms with Gasteiger partial charge in [-0.05, 0) is 25.3 Å². The molecule has 0 aromatic carbocycles. The van der Waals surface area contributed by atoms with Gasteiger partial charge in [0.15, 0.2) is 0 Å². The van der Waals surface area contributed by atoms with Crippen LogP contribution in [0.4, 0.5) is 11.8 Å². The molecular formula is C15H22N4S. The van der Waals surface area contributed by atoms with Gasteiger partial charge in [-0.1, -0.05) is 32.1 Å². The predicted octanol–water partition coefficient (Wildman–Crippen LogP) is 3.96. The maximum atomic E-state index is 5.79. The molecule has 0 saturated heterocycles. The molecule has 3 rings (SSSR count). The molecule has 1 fully saturated rings. The van der Waals surface area contributed by atoms with E-state index in [4.69, 9.17) is 5.73 Å². The highest BCUT2D eigenvalue weighted by Gasteiger charge is 2.14. The van der Waals surface area contributed by atoms with Crippen LogP contribution in [-0.2, 0) is 0 Å². The molecule has 1 aliphatic rings. The first kappa shape index (κ1) is 13.6. The van der Waals surface area contributed by atoms with Crippen molar-refractivity contribution in [2.75, 3.05) is 17.6 Å². The minimum Gasteiger partial charge on any atom is -0.369 e. The van der Waals surface area contributed by atoms with Crippen molar-refractivity contribution in [2.45, 2.75) is 45.4 Å². The van der Waals surface area contributed by atoms with Crippen molar-refractivity contribution in [1.29, 1.82) is 0 Å². The van der Waals surface area contributed by atoms with E-state index in [0.717, 1.165) is 28.5 Å². The summed E-state index contributed by atoms with van der Waals surface area (Å²) in [6, 6.07) is 2.14. The van der Waals surface area contributed by atoms with Gasteiger partial charge in [0.05, 0.1) is 5.39 Å². The van der Waals surface area contributed by atoms with E-state index in [1.807, 2.05) is 0 Å². The Hall–Kier alpha value is -1.36. The smallest absolute Gasteiger partial charge is 0.223 e. The maximum Gasteiger partial charge on any atom is 0.223 e. The summed E-state index contributed by atoms with van der Waals surface area (Å²) in [6.07, 6.45) is 8.23. The van der Waals surface area contributed by atoms with Crippen molar-refractivity contribution in [3.8, 4) is 0 Å². The number of aryl methyl sites for hydroxylation is 1. The third kappa shape index (κ3) is 3.03. The van der Waals surface area contributed by atoms with E-state index in [2.05, 4.69) is 28.3 Å². The summed E-state index contributed by atoms with van der Waals surface area (Å²) in [7, 11) is 0. The molecule has 0 atom stereocenters. The quantitative estimate of drug-likeness (QED) is 0.894. The minimum absolute atomic E-state index is 0.361.